The molecule has 3 aromatic rings. The number of hydrogen-bond donors (Lipinski definition) is 2. The highest BCUT2D eigenvalue weighted by atomic mass is 35.5. The van der Waals surface area contributed by atoms with Crippen molar-refractivity contribution in [3.8, 4) is 0 Å². The molecule has 2 heterocycles. The van der Waals surface area contributed by atoms with E-state index < -0.39 is 0 Å². The lowest BCUT2D eigenvalue weighted by Gasteiger charge is -2.11. The Balaban J connectivity index is 1.36. The van der Waals surface area contributed by atoms with Gasteiger partial charge in [-0.25, -0.2) is 9.97 Å². The summed E-state index contributed by atoms with van der Waals surface area (Å²) in [7, 11) is 1.78. The number of thiazole rings is 1. The standard InChI is InChI=1S/C19H22ClN5S/c1-21-19(23-12-10-14-8-9-17(20)24-13-14)22-11-4-7-18-25-15-5-2-3-6-16(15)26-18/h2-3,5-6,8-9,13H,4,7,10-12H2,1H3,(H2,21,22,23). The molecule has 0 aliphatic carbocycles. The zero-order valence-corrected chi connectivity index (χ0v) is 16.3. The number of rotatable bonds is 7. The number of nitrogens with one attached hydrogen (secondary N) is 2. The summed E-state index contributed by atoms with van der Waals surface area (Å²) in [6, 6.07) is 12.1. The molecular weight excluding hydrogens is 366 g/mol. The average Bonchev–Trinajstić information content (AvgIpc) is 3.08. The number of nitrogens with zero attached hydrogens (tertiary/aromatic N) is 3. The van der Waals surface area contributed by atoms with Gasteiger partial charge in [-0.3, -0.25) is 4.99 Å². The summed E-state index contributed by atoms with van der Waals surface area (Å²) in [5.41, 5.74) is 2.24. The van der Waals surface area contributed by atoms with Crippen LogP contribution in [-0.4, -0.2) is 36.1 Å². The minimum Gasteiger partial charge on any atom is -0.356 e. The van der Waals surface area contributed by atoms with Crippen LogP contribution in [0.3, 0.4) is 0 Å². The van der Waals surface area contributed by atoms with Crippen LogP contribution in [0.4, 0.5) is 0 Å². The summed E-state index contributed by atoms with van der Waals surface area (Å²) < 4.78 is 1.25. The fraction of sp³-hybridized carbons (Fsp3) is 0.316. The maximum Gasteiger partial charge on any atom is 0.190 e. The maximum absolute atomic E-state index is 5.80. The molecule has 5 nitrogen and oxygen atoms in total. The molecular formula is C19H22ClN5S. The monoisotopic (exact) mass is 387 g/mol. The number of benzene rings is 1. The van der Waals surface area contributed by atoms with E-state index in [0.29, 0.717) is 5.15 Å². The molecule has 0 atom stereocenters. The van der Waals surface area contributed by atoms with Gasteiger partial charge >= 0.3 is 0 Å². The topological polar surface area (TPSA) is 62.2 Å². The number of halogens is 1. The molecule has 0 radical (unpaired) electrons. The molecule has 136 valence electrons. The molecule has 0 spiro atoms. The largest absolute Gasteiger partial charge is 0.356 e. The number of guanidine groups is 1. The van der Waals surface area contributed by atoms with Gasteiger partial charge in [0.05, 0.1) is 15.2 Å². The Hall–Kier alpha value is -2.18. The van der Waals surface area contributed by atoms with E-state index in [1.54, 1.807) is 24.6 Å². The zero-order valence-electron chi connectivity index (χ0n) is 14.7. The van der Waals surface area contributed by atoms with E-state index in [1.165, 1.54) is 9.71 Å². The normalized spacial score (nSPS) is 11.7. The van der Waals surface area contributed by atoms with Gasteiger partial charge in [-0.05, 0) is 36.6 Å². The summed E-state index contributed by atoms with van der Waals surface area (Å²) in [6.45, 7) is 1.65. The molecule has 26 heavy (non-hydrogen) atoms. The minimum atomic E-state index is 0.521. The van der Waals surface area contributed by atoms with Gasteiger partial charge in [-0.15, -0.1) is 11.3 Å². The molecule has 7 heteroatoms. The van der Waals surface area contributed by atoms with Crippen molar-refractivity contribution >= 4 is 39.1 Å². The van der Waals surface area contributed by atoms with E-state index in [2.05, 4.69) is 43.8 Å². The molecule has 2 aromatic heterocycles. The Morgan fingerprint density at radius 3 is 2.73 bits per heavy atom. The molecule has 0 aliphatic heterocycles. The highest BCUT2D eigenvalue weighted by molar-refractivity contribution is 7.18. The Bertz CT molecular complexity index is 827. The van der Waals surface area contributed by atoms with Crippen molar-refractivity contribution in [2.24, 2.45) is 4.99 Å². The third-order valence-electron chi connectivity index (χ3n) is 3.92. The summed E-state index contributed by atoms with van der Waals surface area (Å²) >= 11 is 7.57. The number of aryl methyl sites for hydroxylation is 1. The molecule has 0 amide bonds. The second-order valence-corrected chi connectivity index (χ2v) is 7.35. The van der Waals surface area contributed by atoms with Crippen LogP contribution in [-0.2, 0) is 12.8 Å². The number of aromatic nitrogens is 2. The average molecular weight is 388 g/mol. The first-order valence-electron chi connectivity index (χ1n) is 8.64. The summed E-state index contributed by atoms with van der Waals surface area (Å²) in [5, 5.41) is 8.37. The molecule has 0 bridgehead atoms. The van der Waals surface area contributed by atoms with Crippen LogP contribution in [0.1, 0.15) is 17.0 Å². The summed E-state index contributed by atoms with van der Waals surface area (Å²) in [5.74, 6) is 0.816. The van der Waals surface area contributed by atoms with Gasteiger partial charge in [0.15, 0.2) is 5.96 Å². The lowest BCUT2D eigenvalue weighted by molar-refractivity contribution is 0.737. The van der Waals surface area contributed by atoms with E-state index in [-0.39, 0.29) is 0 Å². The fourth-order valence-electron chi connectivity index (χ4n) is 2.57. The minimum absolute atomic E-state index is 0.521. The molecule has 0 fully saturated rings. The third-order valence-corrected chi connectivity index (χ3v) is 5.24. The lowest BCUT2D eigenvalue weighted by atomic mass is 10.2. The van der Waals surface area contributed by atoms with E-state index in [9.17, 15) is 0 Å². The van der Waals surface area contributed by atoms with Gasteiger partial charge in [-0.2, -0.15) is 0 Å². The first-order chi connectivity index (χ1) is 12.7. The van der Waals surface area contributed by atoms with Crippen molar-refractivity contribution in [2.45, 2.75) is 19.3 Å². The zero-order chi connectivity index (χ0) is 18.2. The van der Waals surface area contributed by atoms with Crippen LogP contribution < -0.4 is 10.6 Å². The first-order valence-corrected chi connectivity index (χ1v) is 9.83. The molecule has 0 saturated carbocycles. The van der Waals surface area contributed by atoms with Crippen LogP contribution in [0.2, 0.25) is 5.15 Å². The Kier molecular flexibility index (Phi) is 6.80. The molecule has 0 saturated heterocycles. The predicted molar refractivity (Wildman–Crippen MR) is 110 cm³/mol. The van der Waals surface area contributed by atoms with Crippen LogP contribution in [0.25, 0.3) is 10.2 Å². The highest BCUT2D eigenvalue weighted by Gasteiger charge is 2.03. The van der Waals surface area contributed by atoms with Crippen molar-refractivity contribution in [3.63, 3.8) is 0 Å². The number of pyridine rings is 1. The van der Waals surface area contributed by atoms with Crippen LogP contribution >= 0.6 is 22.9 Å². The lowest BCUT2D eigenvalue weighted by Crippen LogP contribution is -2.38. The quantitative estimate of drug-likeness (QED) is 0.281. The van der Waals surface area contributed by atoms with Gasteiger partial charge in [0.2, 0.25) is 0 Å². The SMILES string of the molecule is CN=C(NCCCc1nc2ccccc2s1)NCCc1ccc(Cl)nc1. The number of para-hydroxylation sites is 1. The number of aliphatic imine (C=N–C) groups is 1. The van der Waals surface area contributed by atoms with Crippen molar-refractivity contribution < 1.29 is 0 Å². The van der Waals surface area contributed by atoms with E-state index in [0.717, 1.165) is 49.4 Å². The van der Waals surface area contributed by atoms with E-state index in [4.69, 9.17) is 11.6 Å². The maximum atomic E-state index is 5.80. The summed E-state index contributed by atoms with van der Waals surface area (Å²) in [4.78, 5) is 13.0. The molecule has 3 rings (SSSR count). The van der Waals surface area contributed by atoms with Gasteiger partial charge in [0.25, 0.3) is 0 Å². The van der Waals surface area contributed by atoms with Gasteiger partial charge < -0.3 is 10.6 Å². The van der Waals surface area contributed by atoms with E-state index >= 15 is 0 Å². The smallest absolute Gasteiger partial charge is 0.190 e. The van der Waals surface area contributed by atoms with Crippen LogP contribution in [0.5, 0.6) is 0 Å². The van der Waals surface area contributed by atoms with Crippen molar-refractivity contribution in [3.05, 3.63) is 58.3 Å². The molecule has 2 N–H and O–H groups in total. The first kappa shape index (κ1) is 18.6. The Labute approximate surface area is 162 Å². The van der Waals surface area contributed by atoms with Gasteiger partial charge in [0.1, 0.15) is 5.15 Å². The van der Waals surface area contributed by atoms with Crippen molar-refractivity contribution in [1.29, 1.82) is 0 Å². The predicted octanol–water partition coefficient (Wildman–Crippen LogP) is 3.69. The Morgan fingerprint density at radius 1 is 1.12 bits per heavy atom. The molecule has 1 aromatic carbocycles. The number of fused-ring (bicyclic) bond motifs is 1. The second-order valence-electron chi connectivity index (χ2n) is 5.84. The summed E-state index contributed by atoms with van der Waals surface area (Å²) in [6.07, 6.45) is 4.66. The fourth-order valence-corrected chi connectivity index (χ4v) is 3.69. The molecule has 0 aliphatic rings. The highest BCUT2D eigenvalue weighted by Crippen LogP contribution is 2.22. The Morgan fingerprint density at radius 2 is 1.96 bits per heavy atom. The third kappa shape index (κ3) is 5.41. The number of hydrogen-bond acceptors (Lipinski definition) is 4. The molecule has 0 unspecified atom stereocenters. The van der Waals surface area contributed by atoms with Gasteiger partial charge in [-0.1, -0.05) is 29.8 Å². The van der Waals surface area contributed by atoms with Crippen molar-refractivity contribution in [1.82, 2.24) is 20.6 Å². The van der Waals surface area contributed by atoms with E-state index in [1.807, 2.05) is 18.2 Å². The van der Waals surface area contributed by atoms with Crippen molar-refractivity contribution in [2.75, 3.05) is 20.1 Å². The van der Waals surface area contributed by atoms with Gasteiger partial charge in [0, 0.05) is 32.8 Å². The van der Waals surface area contributed by atoms with Crippen LogP contribution in [0, 0.1) is 0 Å². The second kappa shape index (κ2) is 9.50. The van der Waals surface area contributed by atoms with Crippen LogP contribution in [0.15, 0.2) is 47.6 Å².